The van der Waals surface area contributed by atoms with Gasteiger partial charge in [-0.1, -0.05) is 0 Å². The molecular formula is C11H12N2. The van der Waals surface area contributed by atoms with Crippen molar-refractivity contribution in [2.45, 2.75) is 20.0 Å². The normalized spacial score (nSPS) is 15.2. The third-order valence-electron chi connectivity index (χ3n) is 2.73. The Morgan fingerprint density at radius 3 is 3.15 bits per heavy atom. The van der Waals surface area contributed by atoms with Gasteiger partial charge in [-0.3, -0.25) is 0 Å². The second-order valence-corrected chi connectivity index (χ2v) is 3.72. The Bertz CT molecular complexity index is 468. The molecule has 2 heteroatoms. The molecule has 66 valence electrons. The van der Waals surface area contributed by atoms with Crippen LogP contribution in [0.3, 0.4) is 0 Å². The van der Waals surface area contributed by atoms with E-state index in [1.54, 1.807) is 0 Å². The average Bonchev–Trinajstić information content (AvgIpc) is 2.62. The average molecular weight is 172 g/mol. The number of hydrogen-bond acceptors (Lipinski definition) is 1. The first-order valence-corrected chi connectivity index (χ1v) is 4.65. The van der Waals surface area contributed by atoms with Crippen LogP contribution in [0.15, 0.2) is 24.4 Å². The number of rotatable bonds is 0. The molecule has 3 rings (SSSR count). The van der Waals surface area contributed by atoms with Crippen LogP contribution >= 0.6 is 0 Å². The van der Waals surface area contributed by atoms with Crippen molar-refractivity contribution >= 4 is 5.52 Å². The summed E-state index contributed by atoms with van der Waals surface area (Å²) in [6.07, 6.45) is 2.16. The van der Waals surface area contributed by atoms with E-state index >= 15 is 0 Å². The first kappa shape index (κ1) is 7.15. The predicted octanol–water partition coefficient (Wildman–Crippen LogP) is 1.85. The van der Waals surface area contributed by atoms with Gasteiger partial charge in [0.05, 0.1) is 0 Å². The number of hydrogen-bond donors (Lipinski definition) is 1. The summed E-state index contributed by atoms with van der Waals surface area (Å²) in [5.74, 6) is 0. The SMILES string of the molecule is Cc1ccn2c3c(cc2c1)CNC3. The third-order valence-corrected chi connectivity index (χ3v) is 2.73. The van der Waals surface area contributed by atoms with Crippen molar-refractivity contribution in [3.63, 3.8) is 0 Å². The second kappa shape index (κ2) is 2.36. The molecule has 1 aliphatic rings. The van der Waals surface area contributed by atoms with Crippen LogP contribution in [0.25, 0.3) is 5.52 Å². The van der Waals surface area contributed by atoms with Crippen LogP contribution in [0.4, 0.5) is 0 Å². The molecule has 0 saturated carbocycles. The van der Waals surface area contributed by atoms with Crippen LogP contribution in [0.1, 0.15) is 16.8 Å². The minimum absolute atomic E-state index is 1.01. The van der Waals surface area contributed by atoms with Crippen LogP contribution in [-0.2, 0) is 13.1 Å². The zero-order valence-corrected chi connectivity index (χ0v) is 7.67. The second-order valence-electron chi connectivity index (χ2n) is 3.72. The van der Waals surface area contributed by atoms with Crippen molar-refractivity contribution < 1.29 is 0 Å². The van der Waals surface area contributed by atoms with Crippen LogP contribution in [0, 0.1) is 6.92 Å². The highest BCUT2D eigenvalue weighted by Gasteiger charge is 2.14. The molecular weight excluding hydrogens is 160 g/mol. The summed E-state index contributed by atoms with van der Waals surface area (Å²) in [6, 6.07) is 6.67. The molecule has 13 heavy (non-hydrogen) atoms. The van der Waals surface area contributed by atoms with Gasteiger partial charge in [0.1, 0.15) is 0 Å². The van der Waals surface area contributed by atoms with Gasteiger partial charge < -0.3 is 9.72 Å². The number of pyridine rings is 1. The summed E-state index contributed by atoms with van der Waals surface area (Å²) in [5.41, 5.74) is 5.53. The highest BCUT2D eigenvalue weighted by Crippen LogP contribution is 2.21. The minimum atomic E-state index is 1.01. The molecule has 0 aromatic carbocycles. The van der Waals surface area contributed by atoms with Crippen LogP contribution < -0.4 is 5.32 Å². The van der Waals surface area contributed by atoms with E-state index in [-0.39, 0.29) is 0 Å². The molecule has 0 amide bonds. The van der Waals surface area contributed by atoms with Crippen molar-refractivity contribution in [3.8, 4) is 0 Å². The predicted molar refractivity (Wildman–Crippen MR) is 52.7 cm³/mol. The van der Waals surface area contributed by atoms with E-state index < -0.39 is 0 Å². The Labute approximate surface area is 77.2 Å². The number of aromatic nitrogens is 1. The molecule has 0 fully saturated rings. The first-order chi connectivity index (χ1) is 6.34. The zero-order chi connectivity index (χ0) is 8.84. The molecule has 0 aliphatic carbocycles. The Morgan fingerprint density at radius 1 is 1.31 bits per heavy atom. The van der Waals surface area contributed by atoms with Gasteiger partial charge >= 0.3 is 0 Å². The molecule has 1 N–H and O–H groups in total. The lowest BCUT2D eigenvalue weighted by molar-refractivity contribution is 0.749. The van der Waals surface area contributed by atoms with Gasteiger partial charge in [-0.15, -0.1) is 0 Å². The van der Waals surface area contributed by atoms with Crippen molar-refractivity contribution in [3.05, 3.63) is 41.2 Å². The highest BCUT2D eigenvalue weighted by molar-refractivity contribution is 5.55. The Morgan fingerprint density at radius 2 is 2.23 bits per heavy atom. The van der Waals surface area contributed by atoms with Gasteiger partial charge in [0, 0.05) is 30.5 Å². The molecule has 2 nitrogen and oxygen atoms in total. The summed E-state index contributed by atoms with van der Waals surface area (Å²) >= 11 is 0. The first-order valence-electron chi connectivity index (χ1n) is 4.65. The van der Waals surface area contributed by atoms with E-state index in [4.69, 9.17) is 0 Å². The Hall–Kier alpha value is -1.28. The molecule has 1 aliphatic heterocycles. The van der Waals surface area contributed by atoms with E-state index in [1.165, 1.54) is 22.3 Å². The van der Waals surface area contributed by atoms with Gasteiger partial charge in [0.15, 0.2) is 0 Å². The fraction of sp³-hybridized carbons (Fsp3) is 0.273. The molecule has 0 saturated heterocycles. The maximum absolute atomic E-state index is 3.35. The molecule has 0 radical (unpaired) electrons. The van der Waals surface area contributed by atoms with Crippen molar-refractivity contribution in [2.75, 3.05) is 0 Å². The fourth-order valence-corrected chi connectivity index (χ4v) is 2.07. The number of aryl methyl sites for hydroxylation is 1. The fourth-order valence-electron chi connectivity index (χ4n) is 2.07. The molecule has 0 spiro atoms. The maximum Gasteiger partial charge on any atom is 0.0459 e. The van der Waals surface area contributed by atoms with E-state index in [0.29, 0.717) is 0 Å². The molecule has 0 bridgehead atoms. The third kappa shape index (κ3) is 0.923. The lowest BCUT2D eigenvalue weighted by atomic mass is 10.2. The van der Waals surface area contributed by atoms with E-state index in [1.807, 2.05) is 0 Å². The summed E-state index contributed by atoms with van der Waals surface area (Å²) in [5, 5.41) is 3.35. The largest absolute Gasteiger partial charge is 0.319 e. The lowest BCUT2D eigenvalue weighted by Gasteiger charge is -2.00. The number of fused-ring (bicyclic) bond motifs is 3. The Kier molecular flexibility index (Phi) is 1.30. The van der Waals surface area contributed by atoms with Crippen molar-refractivity contribution in [1.82, 2.24) is 9.72 Å². The van der Waals surface area contributed by atoms with E-state index in [2.05, 4.69) is 41.0 Å². The Balaban J connectivity index is 2.38. The van der Waals surface area contributed by atoms with Crippen LogP contribution in [0.2, 0.25) is 0 Å². The van der Waals surface area contributed by atoms with E-state index in [0.717, 1.165) is 13.1 Å². The zero-order valence-electron chi connectivity index (χ0n) is 7.67. The smallest absolute Gasteiger partial charge is 0.0459 e. The number of nitrogens with zero attached hydrogens (tertiary/aromatic N) is 1. The van der Waals surface area contributed by atoms with E-state index in [9.17, 15) is 0 Å². The lowest BCUT2D eigenvalue weighted by Crippen LogP contribution is -2.03. The highest BCUT2D eigenvalue weighted by atomic mass is 15.0. The molecule has 2 aromatic heterocycles. The molecule has 3 heterocycles. The van der Waals surface area contributed by atoms with Crippen molar-refractivity contribution in [1.29, 1.82) is 0 Å². The standard InChI is InChI=1S/C11H12N2/c1-8-2-3-13-10(4-8)5-9-6-12-7-11(9)13/h2-5,12H,6-7H2,1H3. The van der Waals surface area contributed by atoms with Crippen LogP contribution in [0.5, 0.6) is 0 Å². The molecule has 0 unspecified atom stereocenters. The van der Waals surface area contributed by atoms with Gasteiger partial charge in [-0.05, 0) is 36.2 Å². The quantitative estimate of drug-likeness (QED) is 0.641. The summed E-state index contributed by atoms with van der Waals surface area (Å²) in [6.45, 7) is 4.17. The van der Waals surface area contributed by atoms with Crippen molar-refractivity contribution in [2.24, 2.45) is 0 Å². The summed E-state index contributed by atoms with van der Waals surface area (Å²) in [7, 11) is 0. The minimum Gasteiger partial charge on any atom is -0.319 e. The van der Waals surface area contributed by atoms with Gasteiger partial charge in [0.25, 0.3) is 0 Å². The summed E-state index contributed by atoms with van der Waals surface area (Å²) < 4.78 is 2.28. The van der Waals surface area contributed by atoms with Gasteiger partial charge in [-0.2, -0.15) is 0 Å². The summed E-state index contributed by atoms with van der Waals surface area (Å²) in [4.78, 5) is 0. The number of nitrogens with one attached hydrogen (secondary N) is 1. The molecule has 2 aromatic rings. The monoisotopic (exact) mass is 172 g/mol. The van der Waals surface area contributed by atoms with Crippen LogP contribution in [-0.4, -0.2) is 4.40 Å². The van der Waals surface area contributed by atoms with Gasteiger partial charge in [0.2, 0.25) is 0 Å². The topological polar surface area (TPSA) is 16.4 Å². The maximum atomic E-state index is 3.35. The van der Waals surface area contributed by atoms with Gasteiger partial charge in [-0.25, -0.2) is 0 Å². The molecule has 0 atom stereocenters.